The minimum atomic E-state index is -1.09. The molecule has 3 nitrogen and oxygen atoms in total. The molecule has 0 bridgehead atoms. The Hall–Kier alpha value is -1.97. The van der Waals surface area contributed by atoms with Crippen molar-refractivity contribution in [3.63, 3.8) is 0 Å². The molecular formula is C25H34O3. The van der Waals surface area contributed by atoms with Gasteiger partial charge >= 0.3 is 0 Å². The van der Waals surface area contributed by atoms with Gasteiger partial charge in [-0.05, 0) is 47.9 Å². The Labute approximate surface area is 169 Å². The van der Waals surface area contributed by atoms with E-state index in [1.165, 1.54) is 11.1 Å². The van der Waals surface area contributed by atoms with Gasteiger partial charge in [-0.15, -0.1) is 0 Å². The van der Waals surface area contributed by atoms with Gasteiger partial charge in [-0.1, -0.05) is 76.2 Å². The van der Waals surface area contributed by atoms with Crippen molar-refractivity contribution in [2.45, 2.75) is 64.2 Å². The first-order valence-electron chi connectivity index (χ1n) is 10.1. The van der Waals surface area contributed by atoms with Crippen LogP contribution < -0.4 is 0 Å². The summed E-state index contributed by atoms with van der Waals surface area (Å²) in [5, 5.41) is 20.4. The van der Waals surface area contributed by atoms with Crippen molar-refractivity contribution in [3.8, 4) is 0 Å². The molecule has 2 aromatic carbocycles. The van der Waals surface area contributed by atoms with Crippen molar-refractivity contribution >= 4 is 5.78 Å². The van der Waals surface area contributed by atoms with E-state index in [1.807, 2.05) is 48.5 Å². The maximum absolute atomic E-state index is 13.7. The monoisotopic (exact) mass is 382 g/mol. The molecule has 0 amide bonds. The maximum Gasteiger partial charge on any atom is 0.157 e. The van der Waals surface area contributed by atoms with E-state index in [9.17, 15) is 15.0 Å². The molecule has 0 aromatic heterocycles. The maximum atomic E-state index is 13.7. The molecule has 28 heavy (non-hydrogen) atoms. The van der Waals surface area contributed by atoms with Crippen molar-refractivity contribution in [3.05, 3.63) is 70.8 Å². The Morgan fingerprint density at radius 1 is 0.714 bits per heavy atom. The number of hydrogen-bond donors (Lipinski definition) is 2. The van der Waals surface area contributed by atoms with E-state index in [0.717, 1.165) is 11.1 Å². The molecule has 3 heteroatoms. The van der Waals surface area contributed by atoms with Crippen LogP contribution >= 0.6 is 0 Å². The summed E-state index contributed by atoms with van der Waals surface area (Å²) in [6, 6.07) is 15.7. The number of benzene rings is 2. The molecule has 0 saturated carbocycles. The Morgan fingerprint density at radius 2 is 1.00 bits per heavy atom. The fourth-order valence-corrected chi connectivity index (χ4v) is 3.67. The molecule has 0 heterocycles. The first kappa shape index (κ1) is 22.3. The molecule has 0 aliphatic rings. The minimum Gasteiger partial charge on any atom is -0.395 e. The summed E-state index contributed by atoms with van der Waals surface area (Å²) in [6.07, 6.45) is 0. The first-order valence-corrected chi connectivity index (χ1v) is 10.1. The molecule has 2 atom stereocenters. The zero-order valence-electron chi connectivity index (χ0n) is 18.0. The summed E-state index contributed by atoms with van der Waals surface area (Å²) in [4.78, 5) is 13.7. The van der Waals surface area contributed by atoms with Gasteiger partial charge < -0.3 is 10.2 Å². The average Bonchev–Trinajstić information content (AvgIpc) is 2.72. The average molecular weight is 383 g/mol. The Balaban J connectivity index is 2.46. The van der Waals surface area contributed by atoms with Crippen LogP contribution in [-0.2, 0) is 15.6 Å². The summed E-state index contributed by atoms with van der Waals surface area (Å²) in [6.45, 7) is 11.4. The number of carbonyl (C=O) groups excluding carboxylic acids is 1. The van der Waals surface area contributed by atoms with E-state index in [4.69, 9.17) is 0 Å². The normalized spacial score (nSPS) is 16.1. The quantitative estimate of drug-likeness (QED) is 0.695. The Kier molecular flexibility index (Phi) is 6.84. The lowest BCUT2D eigenvalue weighted by Gasteiger charge is -2.37. The topological polar surface area (TPSA) is 57.5 Å². The minimum absolute atomic E-state index is 0.181. The molecule has 0 aliphatic carbocycles. The largest absolute Gasteiger partial charge is 0.395 e. The Morgan fingerprint density at radius 3 is 1.21 bits per heavy atom. The third-order valence-electron chi connectivity index (χ3n) is 6.06. The predicted molar refractivity (Wildman–Crippen MR) is 115 cm³/mol. The van der Waals surface area contributed by atoms with E-state index in [0.29, 0.717) is 11.8 Å². The van der Waals surface area contributed by atoms with Crippen LogP contribution in [-0.4, -0.2) is 29.2 Å². The van der Waals surface area contributed by atoms with Crippen LogP contribution in [0.5, 0.6) is 0 Å². The number of carbonyl (C=O) groups is 1. The molecule has 2 N–H and O–H groups in total. The fraction of sp³-hybridized carbons (Fsp3) is 0.480. The number of hydrogen-bond acceptors (Lipinski definition) is 3. The number of Topliss-reactive ketones (excluding diaryl/α,β-unsaturated/α-hetero) is 1. The molecule has 0 aliphatic heterocycles. The highest BCUT2D eigenvalue weighted by Gasteiger charge is 2.46. The molecule has 2 rings (SSSR count). The van der Waals surface area contributed by atoms with Crippen LogP contribution in [0.25, 0.3) is 0 Å². The third-order valence-corrected chi connectivity index (χ3v) is 6.06. The van der Waals surface area contributed by atoms with Gasteiger partial charge in [-0.3, -0.25) is 4.79 Å². The van der Waals surface area contributed by atoms with Crippen molar-refractivity contribution in [2.75, 3.05) is 13.2 Å². The van der Waals surface area contributed by atoms with E-state index in [2.05, 4.69) is 27.7 Å². The molecule has 2 unspecified atom stereocenters. The van der Waals surface area contributed by atoms with Crippen LogP contribution in [0.3, 0.4) is 0 Å². The molecule has 0 radical (unpaired) electrons. The third kappa shape index (κ3) is 4.06. The lowest BCUT2D eigenvalue weighted by molar-refractivity contribution is -0.132. The molecule has 0 spiro atoms. The van der Waals surface area contributed by atoms with Crippen LogP contribution in [0.4, 0.5) is 0 Å². The second kappa shape index (κ2) is 8.59. The van der Waals surface area contributed by atoms with Gasteiger partial charge in [0.15, 0.2) is 5.78 Å². The van der Waals surface area contributed by atoms with Crippen molar-refractivity contribution in [1.29, 1.82) is 0 Å². The second-order valence-corrected chi connectivity index (χ2v) is 8.86. The predicted octanol–water partition coefficient (Wildman–Crippen LogP) is 4.70. The van der Waals surface area contributed by atoms with Crippen LogP contribution in [0.1, 0.15) is 75.6 Å². The summed E-state index contributed by atoms with van der Waals surface area (Å²) < 4.78 is 0. The van der Waals surface area contributed by atoms with Gasteiger partial charge in [0.25, 0.3) is 0 Å². The smallest absolute Gasteiger partial charge is 0.157 e. The summed E-state index contributed by atoms with van der Waals surface area (Å²) >= 11 is 0. The number of aliphatic hydroxyl groups is 2. The molecule has 0 fully saturated rings. The molecule has 0 saturated heterocycles. The van der Waals surface area contributed by atoms with Crippen molar-refractivity contribution in [2.24, 2.45) is 0 Å². The molecular weight excluding hydrogens is 348 g/mol. The van der Waals surface area contributed by atoms with Gasteiger partial charge in [0, 0.05) is 0 Å². The number of ketones is 1. The van der Waals surface area contributed by atoms with E-state index in [-0.39, 0.29) is 19.0 Å². The van der Waals surface area contributed by atoms with Gasteiger partial charge in [0.05, 0.1) is 24.0 Å². The van der Waals surface area contributed by atoms with Gasteiger partial charge in [-0.25, -0.2) is 0 Å². The summed E-state index contributed by atoms with van der Waals surface area (Å²) in [5.41, 5.74) is 1.72. The molecule has 152 valence electrons. The van der Waals surface area contributed by atoms with Gasteiger partial charge in [0.2, 0.25) is 0 Å². The van der Waals surface area contributed by atoms with Crippen LogP contribution in [0, 0.1) is 0 Å². The standard InChI is InChI=1S/C25H34O3/c1-17(2)19-7-11-21(12-8-19)24(5,15-26)23(28)25(6,16-27)22-13-9-20(10-14-22)18(3)4/h7-14,17-18,26-27H,15-16H2,1-6H3. The van der Waals surface area contributed by atoms with E-state index in [1.54, 1.807) is 13.8 Å². The highest BCUT2D eigenvalue weighted by molar-refractivity contribution is 5.98. The van der Waals surface area contributed by atoms with Crippen LogP contribution in [0.2, 0.25) is 0 Å². The zero-order chi connectivity index (χ0) is 21.1. The zero-order valence-corrected chi connectivity index (χ0v) is 18.0. The van der Waals surface area contributed by atoms with E-state index < -0.39 is 10.8 Å². The second-order valence-electron chi connectivity index (χ2n) is 8.86. The Bertz CT molecular complexity index is 722. The van der Waals surface area contributed by atoms with Crippen molar-refractivity contribution < 1.29 is 15.0 Å². The first-order chi connectivity index (χ1) is 13.1. The highest BCUT2D eigenvalue weighted by Crippen LogP contribution is 2.36. The lowest BCUT2D eigenvalue weighted by Crippen LogP contribution is -2.50. The molecule has 2 aromatic rings. The highest BCUT2D eigenvalue weighted by atomic mass is 16.3. The number of aliphatic hydroxyl groups excluding tert-OH is 2. The summed E-state index contributed by atoms with van der Waals surface area (Å²) in [5.74, 6) is 0.610. The summed E-state index contributed by atoms with van der Waals surface area (Å²) in [7, 11) is 0. The van der Waals surface area contributed by atoms with E-state index >= 15 is 0 Å². The SMILES string of the molecule is CC(C)c1ccc(C(C)(CO)C(=O)C(C)(CO)c2ccc(C(C)C)cc2)cc1. The van der Waals surface area contributed by atoms with Gasteiger partial charge in [-0.2, -0.15) is 0 Å². The van der Waals surface area contributed by atoms with Crippen molar-refractivity contribution in [1.82, 2.24) is 0 Å². The van der Waals surface area contributed by atoms with Gasteiger partial charge in [0.1, 0.15) is 0 Å². The fourth-order valence-electron chi connectivity index (χ4n) is 3.67. The number of rotatable bonds is 8. The lowest BCUT2D eigenvalue weighted by atomic mass is 9.66. The van der Waals surface area contributed by atoms with Crippen LogP contribution in [0.15, 0.2) is 48.5 Å².